The van der Waals surface area contributed by atoms with Crippen LogP contribution < -0.4 is 4.90 Å². The minimum absolute atomic E-state index is 0.0278. The molecule has 3 aliphatic rings. The Balaban J connectivity index is 1.29. The molecule has 2 aliphatic heterocycles. The van der Waals surface area contributed by atoms with Crippen LogP contribution in [0.4, 0.5) is 32.0 Å². The molecule has 6 rings (SSSR count). The first-order valence-electron chi connectivity index (χ1n) is 15.2. The number of imide groups is 1. The van der Waals surface area contributed by atoms with Gasteiger partial charge in [-0.25, -0.2) is 4.90 Å². The lowest BCUT2D eigenvalue weighted by Gasteiger charge is -2.31. The number of allylic oxidation sites excluding steroid dienone is 2. The molecule has 246 valence electrons. The number of aromatic hydroxyl groups is 1. The van der Waals surface area contributed by atoms with Crippen molar-refractivity contribution < 1.29 is 45.8 Å². The maximum Gasteiger partial charge on any atom is 0.416 e. The second kappa shape index (κ2) is 12.3. The van der Waals surface area contributed by atoms with Gasteiger partial charge < -0.3 is 9.84 Å². The zero-order valence-corrected chi connectivity index (χ0v) is 25.1. The zero-order valence-electron chi connectivity index (χ0n) is 25.1. The molecule has 6 nitrogen and oxygen atoms in total. The van der Waals surface area contributed by atoms with Gasteiger partial charge in [-0.3, -0.25) is 14.6 Å². The molecule has 2 amide bonds. The van der Waals surface area contributed by atoms with Crippen LogP contribution in [0.25, 0.3) is 11.6 Å². The minimum atomic E-state index is -5.13. The smallest absolute Gasteiger partial charge is 0.416 e. The van der Waals surface area contributed by atoms with Crippen LogP contribution in [0.5, 0.6) is 5.75 Å². The summed E-state index contributed by atoms with van der Waals surface area (Å²) >= 11 is 0. The quantitative estimate of drug-likeness (QED) is 0.158. The van der Waals surface area contributed by atoms with E-state index in [-0.39, 0.29) is 24.8 Å². The molecule has 0 radical (unpaired) electrons. The van der Waals surface area contributed by atoms with Crippen LogP contribution in [0.2, 0.25) is 0 Å². The molecule has 2 aromatic carbocycles. The second-order valence-corrected chi connectivity index (χ2v) is 12.0. The number of aromatic nitrogens is 1. The summed E-state index contributed by atoms with van der Waals surface area (Å²) in [7, 11) is 0. The summed E-state index contributed by atoms with van der Waals surface area (Å²) in [6.07, 6.45) is -5.41. The van der Waals surface area contributed by atoms with E-state index in [0.29, 0.717) is 36.3 Å². The number of carbonyl (C=O) groups excluding carboxylic acids is 2. The van der Waals surface area contributed by atoms with Crippen molar-refractivity contribution in [3.8, 4) is 5.75 Å². The number of halogens is 6. The van der Waals surface area contributed by atoms with Gasteiger partial charge in [0.2, 0.25) is 11.8 Å². The third-order valence-electron chi connectivity index (χ3n) is 9.15. The first-order valence-corrected chi connectivity index (χ1v) is 15.2. The molecule has 47 heavy (non-hydrogen) atoms. The minimum Gasteiger partial charge on any atom is -0.508 e. The topological polar surface area (TPSA) is 79.7 Å². The SMILES string of the molecule is CCC1=C2[C@@H](CC/C(=C/c3cccc(O)c3)c3ccccn3)OC[C@@H]2[C@@H]2C(=O)N(c3cc(C(F)(F)F)cc(C(F)(F)F)c3)C(=O)[C@@H]2C1. The number of hydrogen-bond donors (Lipinski definition) is 1. The van der Waals surface area contributed by atoms with Crippen molar-refractivity contribution in [3.05, 3.63) is 100 Å². The summed E-state index contributed by atoms with van der Waals surface area (Å²) in [5.74, 6) is -3.97. The summed E-state index contributed by atoms with van der Waals surface area (Å²) in [5.41, 5.74) is 0.194. The molecule has 1 aliphatic carbocycles. The number of anilines is 1. The molecule has 0 saturated carbocycles. The van der Waals surface area contributed by atoms with Crippen molar-refractivity contribution >= 4 is 29.2 Å². The summed E-state index contributed by atoms with van der Waals surface area (Å²) < 4.78 is 87.9. The van der Waals surface area contributed by atoms with Crippen LogP contribution in [0.1, 0.15) is 55.0 Å². The molecule has 12 heteroatoms. The predicted octanol–water partition coefficient (Wildman–Crippen LogP) is 8.08. The number of phenols is 1. The Labute approximate surface area is 266 Å². The summed E-state index contributed by atoms with van der Waals surface area (Å²) in [5, 5.41) is 9.96. The number of nitrogens with zero attached hydrogens (tertiary/aromatic N) is 2. The van der Waals surface area contributed by atoms with Gasteiger partial charge in [-0.1, -0.05) is 30.7 Å². The van der Waals surface area contributed by atoms with Crippen molar-refractivity contribution in [1.29, 1.82) is 0 Å². The Morgan fingerprint density at radius 1 is 0.957 bits per heavy atom. The number of alkyl halides is 6. The molecular formula is C35H30F6N2O4. The van der Waals surface area contributed by atoms with Crippen LogP contribution in [0.3, 0.4) is 0 Å². The van der Waals surface area contributed by atoms with Gasteiger partial charge in [0.15, 0.2) is 0 Å². The number of amides is 2. The molecule has 2 fully saturated rings. The van der Waals surface area contributed by atoms with E-state index in [1.54, 1.807) is 30.5 Å². The maximum absolute atomic E-state index is 13.8. The predicted molar refractivity (Wildman–Crippen MR) is 161 cm³/mol. The van der Waals surface area contributed by atoms with Gasteiger partial charge in [0.25, 0.3) is 0 Å². The highest BCUT2D eigenvalue weighted by molar-refractivity contribution is 6.22. The van der Waals surface area contributed by atoms with Crippen molar-refractivity contribution in [2.75, 3.05) is 11.5 Å². The monoisotopic (exact) mass is 656 g/mol. The Hall–Kier alpha value is -4.45. The standard InChI is InChI=1S/C35H30F6N2O4/c1-2-20-14-26-31(33(46)43(32(26)45)24-16-22(34(36,37)38)15-23(17-24)35(39,40)41)27-18-47-29(30(20)27)10-9-21(28-8-3-4-11-42-28)12-19-6-5-7-25(44)13-19/h3-8,11-13,15-17,26-27,29,31,44H,2,9-10,14,18H2,1H3/b21-12-/t26-,27+,29-,31-/m1/s1. The van der Waals surface area contributed by atoms with Crippen LogP contribution in [0.15, 0.2) is 78.0 Å². The van der Waals surface area contributed by atoms with Gasteiger partial charge in [0, 0.05) is 12.1 Å². The van der Waals surface area contributed by atoms with E-state index in [4.69, 9.17) is 4.74 Å². The van der Waals surface area contributed by atoms with Crippen molar-refractivity contribution in [2.24, 2.45) is 17.8 Å². The number of pyridine rings is 1. The number of phenolic OH excluding ortho intramolecular Hbond substituents is 1. The van der Waals surface area contributed by atoms with Crippen LogP contribution in [0, 0.1) is 17.8 Å². The maximum atomic E-state index is 13.8. The van der Waals surface area contributed by atoms with E-state index in [0.717, 1.165) is 28.0 Å². The number of fused-ring (bicyclic) bond motifs is 3. The highest BCUT2D eigenvalue weighted by Gasteiger charge is 2.57. The van der Waals surface area contributed by atoms with Crippen LogP contribution in [-0.2, 0) is 26.7 Å². The first kappa shape index (κ1) is 32.5. The number of ether oxygens (including phenoxy) is 1. The molecule has 0 spiro atoms. The zero-order chi connectivity index (χ0) is 33.7. The largest absolute Gasteiger partial charge is 0.508 e. The van der Waals surface area contributed by atoms with E-state index in [2.05, 4.69) is 4.98 Å². The molecule has 2 saturated heterocycles. The van der Waals surface area contributed by atoms with E-state index in [1.165, 1.54) is 0 Å². The number of carbonyl (C=O) groups is 2. The van der Waals surface area contributed by atoms with Gasteiger partial charge in [-0.2, -0.15) is 26.3 Å². The van der Waals surface area contributed by atoms with Crippen LogP contribution in [-0.4, -0.2) is 34.6 Å². The Bertz CT molecular complexity index is 1730. The third kappa shape index (κ3) is 6.30. The van der Waals surface area contributed by atoms with Gasteiger partial charge in [-0.05, 0) is 90.9 Å². The Kier molecular flexibility index (Phi) is 8.50. The summed E-state index contributed by atoms with van der Waals surface area (Å²) in [6.45, 7) is 1.99. The van der Waals surface area contributed by atoms with Gasteiger partial charge in [0.05, 0.1) is 47.1 Å². The average molecular weight is 657 g/mol. The lowest BCUT2D eigenvalue weighted by Crippen LogP contribution is -2.34. The van der Waals surface area contributed by atoms with Gasteiger partial charge >= 0.3 is 12.4 Å². The van der Waals surface area contributed by atoms with E-state index in [9.17, 15) is 41.0 Å². The first-order chi connectivity index (χ1) is 22.3. The fourth-order valence-electron chi connectivity index (χ4n) is 7.06. The number of rotatable bonds is 7. The second-order valence-electron chi connectivity index (χ2n) is 12.0. The van der Waals surface area contributed by atoms with Gasteiger partial charge in [-0.15, -0.1) is 0 Å². The number of hydrogen-bond acceptors (Lipinski definition) is 5. The lowest BCUT2D eigenvalue weighted by molar-refractivity contribution is -0.143. The fourth-order valence-corrected chi connectivity index (χ4v) is 7.06. The highest BCUT2D eigenvalue weighted by Crippen LogP contribution is 2.52. The van der Waals surface area contributed by atoms with Crippen molar-refractivity contribution in [2.45, 2.75) is 51.1 Å². The summed E-state index contributed by atoms with van der Waals surface area (Å²) in [4.78, 5) is 32.4. The average Bonchev–Trinajstić information content (AvgIpc) is 3.56. The van der Waals surface area contributed by atoms with E-state index in [1.807, 2.05) is 31.2 Å². The lowest BCUT2D eigenvalue weighted by atomic mass is 9.69. The normalized spacial score (nSPS) is 23.4. The number of benzene rings is 2. The van der Waals surface area contributed by atoms with Crippen LogP contribution >= 0.6 is 0 Å². The molecule has 4 atom stereocenters. The van der Waals surface area contributed by atoms with Gasteiger partial charge in [0.1, 0.15) is 5.75 Å². The molecule has 3 heterocycles. The van der Waals surface area contributed by atoms with Crippen molar-refractivity contribution in [1.82, 2.24) is 4.98 Å². The fraction of sp³-hybridized carbons (Fsp3) is 0.343. The third-order valence-corrected chi connectivity index (χ3v) is 9.15. The molecular weight excluding hydrogens is 626 g/mol. The molecule has 3 aromatic rings. The van der Waals surface area contributed by atoms with E-state index < -0.39 is 64.8 Å². The summed E-state index contributed by atoms with van der Waals surface area (Å²) in [6, 6.07) is 13.1. The highest BCUT2D eigenvalue weighted by atomic mass is 19.4. The molecule has 0 unspecified atom stereocenters. The Morgan fingerprint density at radius 3 is 2.30 bits per heavy atom. The Morgan fingerprint density at radius 2 is 1.68 bits per heavy atom. The van der Waals surface area contributed by atoms with E-state index >= 15 is 0 Å². The van der Waals surface area contributed by atoms with Crippen molar-refractivity contribution in [3.63, 3.8) is 0 Å². The molecule has 1 N–H and O–H groups in total. The molecule has 1 aromatic heterocycles. The molecule has 0 bridgehead atoms.